The van der Waals surface area contributed by atoms with Crippen LogP contribution in [0.3, 0.4) is 0 Å². The van der Waals surface area contributed by atoms with E-state index in [1.165, 1.54) is 6.33 Å². The van der Waals surface area contributed by atoms with E-state index in [2.05, 4.69) is 20.0 Å². The van der Waals surface area contributed by atoms with Gasteiger partial charge >= 0.3 is 5.97 Å². The second kappa shape index (κ2) is 12.1. The van der Waals surface area contributed by atoms with E-state index in [0.29, 0.717) is 23.5 Å². The van der Waals surface area contributed by atoms with E-state index in [1.807, 2.05) is 58.9 Å². The maximum atomic E-state index is 13.9. The summed E-state index contributed by atoms with van der Waals surface area (Å²) < 4.78 is 32.9. The molecule has 0 aliphatic rings. The van der Waals surface area contributed by atoms with Crippen LogP contribution in [0.4, 0.5) is 5.82 Å². The molecule has 37 heavy (non-hydrogen) atoms. The molecule has 3 atom stereocenters. The van der Waals surface area contributed by atoms with Crippen molar-refractivity contribution < 1.29 is 23.4 Å². The molecule has 0 saturated carbocycles. The Bertz CT molecular complexity index is 1260. The molecule has 0 fully saturated rings. The van der Waals surface area contributed by atoms with Gasteiger partial charge in [-0.25, -0.2) is 20.0 Å². The van der Waals surface area contributed by atoms with Gasteiger partial charge in [0.25, 0.3) is 7.52 Å². The minimum absolute atomic E-state index is 0.0980. The Morgan fingerprint density at radius 3 is 2.62 bits per heavy atom. The van der Waals surface area contributed by atoms with Gasteiger partial charge in [0, 0.05) is 0 Å². The van der Waals surface area contributed by atoms with Crippen LogP contribution in [0.5, 0.6) is 0 Å². The number of nitrogens with two attached hydrogens (primary N) is 1. The Hall–Kier alpha value is -2.85. The SMILES string of the molecule is Cc1ccccc1COP(=O)(CO[C@H](C)Cn1cnc2c(N)ncnc21)N[C@@H](C)C(=O)OCC(C)(C)C. The zero-order valence-electron chi connectivity index (χ0n) is 22.3. The van der Waals surface area contributed by atoms with Gasteiger partial charge < -0.3 is 24.3 Å². The van der Waals surface area contributed by atoms with Crippen molar-refractivity contribution in [3.63, 3.8) is 0 Å². The molecule has 0 aliphatic carbocycles. The third-order valence-corrected chi connectivity index (χ3v) is 7.31. The lowest BCUT2D eigenvalue weighted by molar-refractivity contribution is -0.148. The number of benzene rings is 1. The number of carbonyl (C=O) groups is 1. The number of esters is 1. The fourth-order valence-corrected chi connectivity index (χ4v) is 5.12. The van der Waals surface area contributed by atoms with E-state index in [0.717, 1.165) is 11.1 Å². The van der Waals surface area contributed by atoms with Crippen molar-refractivity contribution in [1.82, 2.24) is 24.6 Å². The largest absolute Gasteiger partial charge is 0.464 e. The van der Waals surface area contributed by atoms with E-state index in [-0.39, 0.29) is 31.1 Å². The normalized spacial score (nSPS) is 15.3. The summed E-state index contributed by atoms with van der Waals surface area (Å²) in [6.45, 7) is 12.0. The van der Waals surface area contributed by atoms with E-state index in [9.17, 15) is 9.36 Å². The topological polar surface area (TPSA) is 143 Å². The number of imidazole rings is 1. The molecule has 2 heterocycles. The number of nitrogens with zero attached hydrogens (tertiary/aromatic N) is 4. The van der Waals surface area contributed by atoms with Gasteiger partial charge in [0.2, 0.25) is 0 Å². The predicted molar refractivity (Wildman–Crippen MR) is 142 cm³/mol. The Kier molecular flexibility index (Phi) is 9.41. The van der Waals surface area contributed by atoms with E-state index in [4.69, 9.17) is 19.7 Å². The minimum atomic E-state index is -3.62. The van der Waals surface area contributed by atoms with Crippen molar-refractivity contribution in [1.29, 1.82) is 0 Å². The predicted octanol–water partition coefficient (Wildman–Crippen LogP) is 4.06. The Labute approximate surface area is 217 Å². The number of anilines is 1. The van der Waals surface area contributed by atoms with Crippen LogP contribution in [-0.2, 0) is 36.5 Å². The van der Waals surface area contributed by atoms with Crippen LogP contribution in [0.25, 0.3) is 11.2 Å². The Balaban J connectivity index is 1.68. The smallest absolute Gasteiger partial charge is 0.323 e. The van der Waals surface area contributed by atoms with Crippen LogP contribution in [0.15, 0.2) is 36.9 Å². The summed E-state index contributed by atoms with van der Waals surface area (Å²) in [5, 5.41) is 2.85. The van der Waals surface area contributed by atoms with Gasteiger partial charge in [-0.1, -0.05) is 45.0 Å². The molecular formula is C25H37N6O5P. The van der Waals surface area contributed by atoms with Gasteiger partial charge in [0.15, 0.2) is 11.5 Å². The second-order valence-corrected chi connectivity index (χ2v) is 12.4. The van der Waals surface area contributed by atoms with Crippen LogP contribution in [0.1, 0.15) is 45.7 Å². The lowest BCUT2D eigenvalue weighted by Crippen LogP contribution is -2.36. The van der Waals surface area contributed by atoms with Gasteiger partial charge in [-0.2, -0.15) is 0 Å². The molecule has 0 aliphatic heterocycles. The molecule has 1 unspecified atom stereocenters. The summed E-state index contributed by atoms with van der Waals surface area (Å²) in [6, 6.07) is 6.81. The molecule has 3 N–H and O–H groups in total. The van der Waals surface area contributed by atoms with Crippen molar-refractivity contribution in [2.75, 3.05) is 18.7 Å². The standard InChI is InChI=1S/C25H37N6O5P/c1-17-9-7-8-10-20(17)12-36-37(33,30-19(3)24(32)34-13-25(4,5)6)16-35-18(2)11-31-15-29-21-22(26)27-14-28-23(21)31/h7-10,14-15,18-19H,11-13,16H2,1-6H3,(H,30,33)(H2,26,27,28)/t18-,19+,37?/m1/s1. The molecule has 0 spiro atoms. The van der Waals surface area contributed by atoms with Gasteiger partial charge in [0.05, 0.1) is 32.2 Å². The molecule has 2 aromatic heterocycles. The van der Waals surface area contributed by atoms with Gasteiger partial charge in [0.1, 0.15) is 24.2 Å². The summed E-state index contributed by atoms with van der Waals surface area (Å²) in [5.74, 6) is -0.215. The molecule has 3 rings (SSSR count). The number of rotatable bonds is 12. The molecule has 1 aromatic carbocycles. The monoisotopic (exact) mass is 532 g/mol. The van der Waals surface area contributed by atoms with Crippen LogP contribution in [-0.4, -0.2) is 50.6 Å². The summed E-state index contributed by atoms with van der Waals surface area (Å²) in [6.07, 6.45) is 2.35. The molecular weight excluding hydrogens is 495 g/mol. The minimum Gasteiger partial charge on any atom is -0.464 e. The van der Waals surface area contributed by atoms with Crippen LogP contribution in [0, 0.1) is 12.3 Å². The highest BCUT2D eigenvalue weighted by Crippen LogP contribution is 2.44. The second-order valence-electron chi connectivity index (χ2n) is 10.3. The molecule has 202 valence electrons. The number of fused-ring (bicyclic) bond motifs is 1. The van der Waals surface area contributed by atoms with Crippen molar-refractivity contribution in [3.8, 4) is 0 Å². The van der Waals surface area contributed by atoms with Gasteiger partial charge in [-0.05, 0) is 37.3 Å². The Morgan fingerprint density at radius 1 is 1.19 bits per heavy atom. The van der Waals surface area contributed by atoms with Crippen molar-refractivity contribution in [2.24, 2.45) is 5.41 Å². The molecule has 3 aromatic rings. The highest BCUT2D eigenvalue weighted by atomic mass is 31.2. The van der Waals surface area contributed by atoms with Gasteiger partial charge in [-0.15, -0.1) is 0 Å². The molecule has 12 heteroatoms. The van der Waals surface area contributed by atoms with Crippen molar-refractivity contribution >= 4 is 30.5 Å². The van der Waals surface area contributed by atoms with Crippen molar-refractivity contribution in [2.45, 2.75) is 66.8 Å². The first-order chi connectivity index (χ1) is 17.4. The Morgan fingerprint density at radius 2 is 1.92 bits per heavy atom. The maximum Gasteiger partial charge on any atom is 0.323 e. The third-order valence-electron chi connectivity index (χ3n) is 5.49. The number of ether oxygens (including phenoxy) is 2. The molecule has 0 radical (unpaired) electrons. The number of carbonyl (C=O) groups excluding carboxylic acids is 1. The summed E-state index contributed by atoms with van der Waals surface area (Å²) in [4.78, 5) is 25.0. The lowest BCUT2D eigenvalue weighted by Gasteiger charge is -2.26. The third kappa shape index (κ3) is 8.33. The van der Waals surface area contributed by atoms with Gasteiger partial charge in [-0.3, -0.25) is 9.36 Å². The lowest BCUT2D eigenvalue weighted by atomic mass is 9.99. The zero-order chi connectivity index (χ0) is 27.2. The summed E-state index contributed by atoms with van der Waals surface area (Å²) in [7, 11) is -3.62. The number of nitrogen functional groups attached to an aromatic ring is 1. The first kappa shape index (κ1) is 28.7. The first-order valence-electron chi connectivity index (χ1n) is 12.1. The highest BCUT2D eigenvalue weighted by Gasteiger charge is 2.31. The summed E-state index contributed by atoms with van der Waals surface area (Å²) in [5.41, 5.74) is 8.66. The number of aromatic nitrogens is 4. The molecule has 0 amide bonds. The quantitative estimate of drug-likeness (QED) is 0.259. The van der Waals surface area contributed by atoms with Crippen LogP contribution >= 0.6 is 7.52 Å². The maximum absolute atomic E-state index is 13.9. The summed E-state index contributed by atoms with van der Waals surface area (Å²) >= 11 is 0. The van der Waals surface area contributed by atoms with Crippen molar-refractivity contribution in [3.05, 3.63) is 48.0 Å². The van der Waals surface area contributed by atoms with E-state index >= 15 is 0 Å². The fourth-order valence-electron chi connectivity index (χ4n) is 3.41. The van der Waals surface area contributed by atoms with Crippen LogP contribution in [0.2, 0.25) is 0 Å². The number of hydrogen-bond donors (Lipinski definition) is 2. The number of nitrogens with one attached hydrogen (secondary N) is 1. The molecule has 11 nitrogen and oxygen atoms in total. The zero-order valence-corrected chi connectivity index (χ0v) is 23.2. The first-order valence-corrected chi connectivity index (χ1v) is 13.9. The fraction of sp³-hybridized carbons (Fsp3) is 0.520. The average molecular weight is 533 g/mol. The van der Waals surface area contributed by atoms with E-state index in [1.54, 1.807) is 17.8 Å². The highest BCUT2D eigenvalue weighted by molar-refractivity contribution is 7.56. The van der Waals surface area contributed by atoms with Crippen LogP contribution < -0.4 is 10.8 Å². The number of aryl methyl sites for hydroxylation is 1. The number of hydrogen-bond acceptors (Lipinski definition) is 9. The average Bonchev–Trinajstić information content (AvgIpc) is 3.24. The molecule has 0 bridgehead atoms. The molecule has 0 saturated heterocycles. The van der Waals surface area contributed by atoms with E-state index < -0.39 is 19.5 Å².